The number of nitrogens with zero attached hydrogens (tertiary/aromatic N) is 2. The highest BCUT2D eigenvalue weighted by molar-refractivity contribution is 6.04. The quantitative estimate of drug-likeness (QED) is 0.902. The summed E-state index contributed by atoms with van der Waals surface area (Å²) in [7, 11) is 0. The molecule has 124 valence electrons. The average Bonchev–Trinajstić information content (AvgIpc) is 2.62. The van der Waals surface area contributed by atoms with E-state index in [0.717, 1.165) is 6.54 Å². The minimum Gasteiger partial charge on any atom is -0.336 e. The van der Waals surface area contributed by atoms with Crippen LogP contribution in [-0.4, -0.2) is 47.4 Å². The maximum absolute atomic E-state index is 12.6. The molecule has 6 heteroatoms. The number of nitrogens with one attached hydrogen (secondary N) is 2. The number of piperazine rings is 1. The van der Waals surface area contributed by atoms with Gasteiger partial charge in [-0.3, -0.25) is 14.6 Å². The first-order valence-electron chi connectivity index (χ1n) is 7.97. The topological polar surface area (TPSA) is 74.3 Å². The first-order valence-corrected chi connectivity index (χ1v) is 7.97. The molecule has 6 nitrogen and oxygen atoms in total. The van der Waals surface area contributed by atoms with Crippen molar-refractivity contribution in [1.29, 1.82) is 0 Å². The zero-order valence-electron chi connectivity index (χ0n) is 13.5. The van der Waals surface area contributed by atoms with Gasteiger partial charge in [0.25, 0.3) is 11.8 Å². The Bertz CT molecular complexity index is 733. The van der Waals surface area contributed by atoms with Crippen molar-refractivity contribution in [2.45, 2.75) is 13.0 Å². The summed E-state index contributed by atoms with van der Waals surface area (Å²) in [6, 6.07) is 10.7. The van der Waals surface area contributed by atoms with E-state index in [0.29, 0.717) is 29.9 Å². The lowest BCUT2D eigenvalue weighted by molar-refractivity contribution is 0.0709. The summed E-state index contributed by atoms with van der Waals surface area (Å²) in [6.07, 6.45) is 3.12. The van der Waals surface area contributed by atoms with Gasteiger partial charge in [0, 0.05) is 49.3 Å². The summed E-state index contributed by atoms with van der Waals surface area (Å²) in [4.78, 5) is 30.6. The fraction of sp³-hybridized carbons (Fsp3) is 0.278. The van der Waals surface area contributed by atoms with Gasteiger partial charge in [-0.1, -0.05) is 6.07 Å². The van der Waals surface area contributed by atoms with Crippen LogP contribution in [0.2, 0.25) is 0 Å². The largest absolute Gasteiger partial charge is 0.336 e. The van der Waals surface area contributed by atoms with Gasteiger partial charge in [-0.05, 0) is 37.3 Å². The molecule has 1 atom stereocenters. The van der Waals surface area contributed by atoms with E-state index in [1.807, 2.05) is 4.90 Å². The van der Waals surface area contributed by atoms with Gasteiger partial charge in [-0.15, -0.1) is 0 Å². The zero-order chi connectivity index (χ0) is 16.9. The van der Waals surface area contributed by atoms with Crippen molar-refractivity contribution in [2.24, 2.45) is 0 Å². The van der Waals surface area contributed by atoms with E-state index >= 15 is 0 Å². The smallest absolute Gasteiger partial charge is 0.257 e. The molecule has 2 aromatic rings. The van der Waals surface area contributed by atoms with E-state index in [-0.39, 0.29) is 17.9 Å². The van der Waals surface area contributed by atoms with E-state index in [9.17, 15) is 9.59 Å². The molecule has 2 heterocycles. The lowest BCUT2D eigenvalue weighted by Gasteiger charge is -2.32. The Morgan fingerprint density at radius 3 is 2.83 bits per heavy atom. The zero-order valence-corrected chi connectivity index (χ0v) is 13.5. The van der Waals surface area contributed by atoms with Gasteiger partial charge in [0.2, 0.25) is 0 Å². The van der Waals surface area contributed by atoms with Crippen LogP contribution < -0.4 is 10.6 Å². The van der Waals surface area contributed by atoms with Gasteiger partial charge in [0.1, 0.15) is 0 Å². The first kappa shape index (κ1) is 16.1. The van der Waals surface area contributed by atoms with Crippen molar-refractivity contribution in [2.75, 3.05) is 25.0 Å². The molecular weight excluding hydrogens is 304 g/mol. The van der Waals surface area contributed by atoms with Crippen LogP contribution in [0, 0.1) is 0 Å². The van der Waals surface area contributed by atoms with Gasteiger partial charge in [0.05, 0.1) is 5.56 Å². The van der Waals surface area contributed by atoms with Crippen LogP contribution >= 0.6 is 0 Å². The van der Waals surface area contributed by atoms with Crippen LogP contribution in [0.5, 0.6) is 0 Å². The molecule has 1 aromatic carbocycles. The van der Waals surface area contributed by atoms with Gasteiger partial charge >= 0.3 is 0 Å². The molecule has 0 saturated carbocycles. The maximum atomic E-state index is 12.6. The molecule has 0 bridgehead atoms. The molecule has 3 rings (SSSR count). The summed E-state index contributed by atoms with van der Waals surface area (Å²) >= 11 is 0. The number of hydrogen-bond acceptors (Lipinski definition) is 4. The number of pyridine rings is 1. The van der Waals surface area contributed by atoms with Crippen molar-refractivity contribution < 1.29 is 9.59 Å². The minimum atomic E-state index is -0.247. The SMILES string of the molecule is CC1CN(C(=O)c2cccc(NC(=O)c3cccnc3)c2)CCN1. The number of carbonyl (C=O) groups excluding carboxylic acids is 2. The molecule has 2 N–H and O–H groups in total. The van der Waals surface area contributed by atoms with Crippen LogP contribution in [-0.2, 0) is 0 Å². The van der Waals surface area contributed by atoms with Crippen molar-refractivity contribution in [3.05, 3.63) is 59.9 Å². The number of amides is 2. The highest BCUT2D eigenvalue weighted by Gasteiger charge is 2.21. The highest BCUT2D eigenvalue weighted by atomic mass is 16.2. The summed E-state index contributed by atoms with van der Waals surface area (Å²) in [5, 5.41) is 6.12. The van der Waals surface area contributed by atoms with E-state index in [1.165, 1.54) is 6.20 Å². The molecule has 1 aliphatic heterocycles. The summed E-state index contributed by atoms with van der Waals surface area (Å²) < 4.78 is 0. The van der Waals surface area contributed by atoms with Crippen LogP contribution in [0.3, 0.4) is 0 Å². The van der Waals surface area contributed by atoms with Crippen molar-refractivity contribution in [3.63, 3.8) is 0 Å². The number of anilines is 1. The molecule has 1 saturated heterocycles. The number of hydrogen-bond donors (Lipinski definition) is 2. The lowest BCUT2D eigenvalue weighted by atomic mass is 10.1. The van der Waals surface area contributed by atoms with E-state index in [2.05, 4.69) is 22.5 Å². The van der Waals surface area contributed by atoms with Crippen molar-refractivity contribution in [1.82, 2.24) is 15.2 Å². The number of aromatic nitrogens is 1. The van der Waals surface area contributed by atoms with Crippen LogP contribution in [0.1, 0.15) is 27.6 Å². The second-order valence-electron chi connectivity index (χ2n) is 5.88. The van der Waals surface area contributed by atoms with Crippen molar-refractivity contribution in [3.8, 4) is 0 Å². The Labute approximate surface area is 140 Å². The Morgan fingerprint density at radius 2 is 2.08 bits per heavy atom. The number of benzene rings is 1. The third-order valence-corrected chi connectivity index (χ3v) is 3.95. The Balaban J connectivity index is 1.72. The van der Waals surface area contributed by atoms with Crippen molar-refractivity contribution >= 4 is 17.5 Å². The monoisotopic (exact) mass is 324 g/mol. The minimum absolute atomic E-state index is 0.0131. The third kappa shape index (κ3) is 3.78. The van der Waals surface area contributed by atoms with Gasteiger partial charge in [0.15, 0.2) is 0 Å². The van der Waals surface area contributed by atoms with Gasteiger partial charge < -0.3 is 15.5 Å². The molecular formula is C18H20N4O2. The second-order valence-corrected chi connectivity index (χ2v) is 5.88. The fourth-order valence-corrected chi connectivity index (χ4v) is 2.73. The average molecular weight is 324 g/mol. The molecule has 24 heavy (non-hydrogen) atoms. The first-order chi connectivity index (χ1) is 11.6. The van der Waals surface area contributed by atoms with Crippen LogP contribution in [0.15, 0.2) is 48.8 Å². The third-order valence-electron chi connectivity index (χ3n) is 3.95. The molecule has 0 aliphatic carbocycles. The molecule has 0 spiro atoms. The molecule has 1 aromatic heterocycles. The van der Waals surface area contributed by atoms with E-state index in [1.54, 1.807) is 42.6 Å². The van der Waals surface area contributed by atoms with Gasteiger partial charge in [-0.2, -0.15) is 0 Å². The Kier molecular flexibility index (Phi) is 4.86. The van der Waals surface area contributed by atoms with E-state index < -0.39 is 0 Å². The Hall–Kier alpha value is -2.73. The Morgan fingerprint density at radius 1 is 1.25 bits per heavy atom. The fourth-order valence-electron chi connectivity index (χ4n) is 2.73. The van der Waals surface area contributed by atoms with E-state index in [4.69, 9.17) is 0 Å². The highest BCUT2D eigenvalue weighted by Crippen LogP contribution is 2.15. The number of carbonyl (C=O) groups is 2. The molecule has 1 unspecified atom stereocenters. The number of rotatable bonds is 3. The molecule has 0 radical (unpaired) electrons. The summed E-state index contributed by atoms with van der Waals surface area (Å²) in [5.74, 6) is -0.260. The lowest BCUT2D eigenvalue weighted by Crippen LogP contribution is -2.51. The van der Waals surface area contributed by atoms with Gasteiger partial charge in [-0.25, -0.2) is 0 Å². The van der Waals surface area contributed by atoms with Crippen LogP contribution in [0.4, 0.5) is 5.69 Å². The normalized spacial score (nSPS) is 17.4. The molecule has 1 aliphatic rings. The molecule has 2 amide bonds. The predicted octanol–water partition coefficient (Wildman–Crippen LogP) is 1.77. The summed E-state index contributed by atoms with van der Waals surface area (Å²) in [5.41, 5.74) is 1.65. The predicted molar refractivity (Wildman–Crippen MR) is 92.0 cm³/mol. The van der Waals surface area contributed by atoms with Crippen LogP contribution in [0.25, 0.3) is 0 Å². The maximum Gasteiger partial charge on any atom is 0.257 e. The second kappa shape index (κ2) is 7.23. The summed E-state index contributed by atoms with van der Waals surface area (Å²) in [6.45, 7) is 4.23. The molecule has 1 fully saturated rings. The standard InChI is InChI=1S/C18H20N4O2/c1-13-12-22(9-8-20-13)18(24)14-4-2-6-16(10-14)21-17(23)15-5-3-7-19-11-15/h2-7,10-11,13,20H,8-9,12H2,1H3,(H,21,23).